The van der Waals surface area contributed by atoms with Crippen molar-refractivity contribution in [2.45, 2.75) is 31.7 Å². The Kier molecular flexibility index (Phi) is 3.86. The minimum Gasteiger partial charge on any atom is -0.323 e. The second-order valence-corrected chi connectivity index (χ2v) is 5.79. The molecule has 2 heterocycles. The molecule has 1 aliphatic heterocycles. The summed E-state index contributed by atoms with van der Waals surface area (Å²) in [7, 11) is 0. The average Bonchev–Trinajstić information content (AvgIpc) is 2.48. The summed E-state index contributed by atoms with van der Waals surface area (Å²) in [6, 6.07) is 12.8. The fourth-order valence-electron chi connectivity index (χ4n) is 2.74. The lowest BCUT2D eigenvalue weighted by molar-refractivity contribution is 0.613. The van der Waals surface area contributed by atoms with Crippen LogP contribution in [0.2, 0.25) is 5.02 Å². The first kappa shape index (κ1) is 13.7. The monoisotopic (exact) mass is 306 g/mol. The Morgan fingerprint density at radius 1 is 1.25 bits per heavy atom. The van der Waals surface area contributed by atoms with Gasteiger partial charge in [-0.05, 0) is 43.5 Å². The van der Waals surface area contributed by atoms with Crippen LogP contribution in [0.3, 0.4) is 0 Å². The van der Waals surface area contributed by atoms with E-state index in [1.54, 1.807) is 0 Å². The van der Waals surface area contributed by atoms with Gasteiger partial charge in [0.2, 0.25) is 0 Å². The highest BCUT2D eigenvalue weighted by molar-refractivity contribution is 6.32. The highest BCUT2D eigenvalue weighted by Gasteiger charge is 2.25. The predicted octanol–water partition coefficient (Wildman–Crippen LogP) is 4.95. The third kappa shape index (κ3) is 2.38. The number of halogens is 2. The standard InChI is InChI=1S/C16H16Cl2N2/c1-11-6-7-12-4-2-3-5-15(12)20(11)16-9-8-13(18)14(10-17)19-16/h2-5,8-9,11H,6-7,10H2,1H3. The lowest BCUT2D eigenvalue weighted by Crippen LogP contribution is -2.33. The molecule has 0 saturated heterocycles. The third-order valence-electron chi connectivity index (χ3n) is 3.80. The van der Waals surface area contributed by atoms with E-state index in [2.05, 4.69) is 41.1 Å². The lowest BCUT2D eigenvalue weighted by atomic mass is 9.96. The first-order valence-corrected chi connectivity index (χ1v) is 7.70. The van der Waals surface area contributed by atoms with Crippen LogP contribution in [0.1, 0.15) is 24.6 Å². The molecule has 20 heavy (non-hydrogen) atoms. The summed E-state index contributed by atoms with van der Waals surface area (Å²) in [5, 5.41) is 0.627. The van der Waals surface area contributed by atoms with Crippen LogP contribution in [-0.4, -0.2) is 11.0 Å². The fourth-order valence-corrected chi connectivity index (χ4v) is 3.18. The molecule has 0 bridgehead atoms. The molecule has 0 radical (unpaired) electrons. The molecule has 2 aromatic rings. The maximum absolute atomic E-state index is 6.11. The molecular formula is C16H16Cl2N2. The van der Waals surface area contributed by atoms with Gasteiger partial charge in [0.15, 0.2) is 0 Å². The zero-order chi connectivity index (χ0) is 14.1. The van der Waals surface area contributed by atoms with E-state index in [-0.39, 0.29) is 0 Å². The molecule has 1 unspecified atom stereocenters. The van der Waals surface area contributed by atoms with Crippen LogP contribution in [0, 0.1) is 0 Å². The topological polar surface area (TPSA) is 16.1 Å². The second-order valence-electron chi connectivity index (χ2n) is 5.12. The minimum absolute atomic E-state index is 0.330. The highest BCUT2D eigenvalue weighted by atomic mass is 35.5. The molecule has 0 spiro atoms. The second kappa shape index (κ2) is 5.63. The van der Waals surface area contributed by atoms with Crippen LogP contribution < -0.4 is 4.90 Å². The van der Waals surface area contributed by atoms with Gasteiger partial charge in [-0.3, -0.25) is 0 Å². The SMILES string of the molecule is CC1CCc2ccccc2N1c1ccc(Cl)c(CCl)n1. The van der Waals surface area contributed by atoms with Crippen molar-refractivity contribution in [2.24, 2.45) is 0 Å². The number of hydrogen-bond donors (Lipinski definition) is 0. The molecule has 0 aliphatic carbocycles. The van der Waals surface area contributed by atoms with Crippen molar-refractivity contribution < 1.29 is 0 Å². The van der Waals surface area contributed by atoms with Crippen LogP contribution in [0.15, 0.2) is 36.4 Å². The van der Waals surface area contributed by atoms with Crippen LogP contribution in [0.25, 0.3) is 0 Å². The van der Waals surface area contributed by atoms with Gasteiger partial charge >= 0.3 is 0 Å². The van der Waals surface area contributed by atoms with Crippen molar-refractivity contribution in [3.8, 4) is 0 Å². The number of anilines is 2. The van der Waals surface area contributed by atoms with Crippen molar-refractivity contribution >= 4 is 34.7 Å². The number of aromatic nitrogens is 1. The number of nitrogens with zero attached hydrogens (tertiary/aromatic N) is 2. The summed E-state index contributed by atoms with van der Waals surface area (Å²) in [5.41, 5.74) is 3.34. The number of aryl methyl sites for hydroxylation is 1. The van der Waals surface area contributed by atoms with E-state index in [1.807, 2.05) is 12.1 Å². The predicted molar refractivity (Wildman–Crippen MR) is 85.2 cm³/mol. The average molecular weight is 307 g/mol. The van der Waals surface area contributed by atoms with Crippen molar-refractivity contribution in [2.75, 3.05) is 4.90 Å². The Bertz CT molecular complexity index is 628. The first-order valence-electron chi connectivity index (χ1n) is 6.79. The maximum atomic E-state index is 6.11. The van der Waals surface area contributed by atoms with E-state index in [4.69, 9.17) is 23.2 Å². The van der Waals surface area contributed by atoms with Gasteiger partial charge in [0, 0.05) is 11.7 Å². The lowest BCUT2D eigenvalue weighted by Gasteiger charge is -2.36. The van der Waals surface area contributed by atoms with Gasteiger partial charge in [-0.25, -0.2) is 4.98 Å². The van der Waals surface area contributed by atoms with Crippen molar-refractivity contribution in [3.05, 3.63) is 52.7 Å². The minimum atomic E-state index is 0.330. The Labute approximate surface area is 129 Å². The van der Waals surface area contributed by atoms with E-state index >= 15 is 0 Å². The molecule has 3 rings (SSSR count). The number of pyridine rings is 1. The maximum Gasteiger partial charge on any atom is 0.133 e. The summed E-state index contributed by atoms with van der Waals surface area (Å²) in [6.45, 7) is 2.23. The Morgan fingerprint density at radius 2 is 2.05 bits per heavy atom. The van der Waals surface area contributed by atoms with Gasteiger partial charge in [0.05, 0.1) is 16.6 Å². The smallest absolute Gasteiger partial charge is 0.133 e. The van der Waals surface area contributed by atoms with E-state index in [0.29, 0.717) is 16.9 Å². The molecule has 2 nitrogen and oxygen atoms in total. The van der Waals surface area contributed by atoms with Gasteiger partial charge < -0.3 is 4.90 Å². The summed E-state index contributed by atoms with van der Waals surface area (Å²) in [5.74, 6) is 1.25. The van der Waals surface area contributed by atoms with Gasteiger partial charge in [0.1, 0.15) is 5.82 Å². The number of para-hydroxylation sites is 1. The molecule has 0 amide bonds. The summed E-state index contributed by atoms with van der Waals surface area (Å²) >= 11 is 12.0. The Hall–Kier alpha value is -1.25. The molecule has 1 aromatic heterocycles. The molecular weight excluding hydrogens is 291 g/mol. The molecule has 104 valence electrons. The number of alkyl halides is 1. The Balaban J connectivity index is 2.09. The third-order valence-corrected chi connectivity index (χ3v) is 4.40. The van der Waals surface area contributed by atoms with Crippen LogP contribution >= 0.6 is 23.2 Å². The molecule has 4 heteroatoms. The largest absolute Gasteiger partial charge is 0.323 e. The summed E-state index contributed by atoms with van der Waals surface area (Å²) < 4.78 is 0. The van der Waals surface area contributed by atoms with E-state index < -0.39 is 0 Å². The normalized spacial score (nSPS) is 17.9. The number of rotatable bonds is 2. The highest BCUT2D eigenvalue weighted by Crippen LogP contribution is 2.36. The van der Waals surface area contributed by atoms with Gasteiger partial charge in [-0.1, -0.05) is 29.8 Å². The fraction of sp³-hybridized carbons (Fsp3) is 0.312. The molecule has 0 fully saturated rings. The zero-order valence-corrected chi connectivity index (χ0v) is 12.8. The molecule has 0 saturated carbocycles. The van der Waals surface area contributed by atoms with Crippen molar-refractivity contribution in [1.82, 2.24) is 4.98 Å². The van der Waals surface area contributed by atoms with Crippen LogP contribution in [0.5, 0.6) is 0 Å². The number of benzene rings is 1. The molecule has 0 N–H and O–H groups in total. The van der Waals surface area contributed by atoms with Gasteiger partial charge in [-0.15, -0.1) is 11.6 Å². The number of fused-ring (bicyclic) bond motifs is 1. The number of hydrogen-bond acceptors (Lipinski definition) is 2. The van der Waals surface area contributed by atoms with Crippen LogP contribution in [-0.2, 0) is 12.3 Å². The first-order chi connectivity index (χ1) is 9.70. The molecule has 1 aromatic carbocycles. The quantitative estimate of drug-likeness (QED) is 0.730. The molecule has 1 atom stereocenters. The van der Waals surface area contributed by atoms with E-state index in [1.165, 1.54) is 11.3 Å². The summed E-state index contributed by atoms with van der Waals surface area (Å²) in [4.78, 5) is 6.91. The van der Waals surface area contributed by atoms with Crippen molar-refractivity contribution in [1.29, 1.82) is 0 Å². The van der Waals surface area contributed by atoms with Crippen molar-refractivity contribution in [3.63, 3.8) is 0 Å². The zero-order valence-electron chi connectivity index (χ0n) is 11.3. The van der Waals surface area contributed by atoms with Gasteiger partial charge in [0.25, 0.3) is 0 Å². The van der Waals surface area contributed by atoms with Crippen LogP contribution in [0.4, 0.5) is 11.5 Å². The van der Waals surface area contributed by atoms with E-state index in [0.717, 1.165) is 24.4 Å². The molecule has 1 aliphatic rings. The Morgan fingerprint density at radius 3 is 2.85 bits per heavy atom. The van der Waals surface area contributed by atoms with E-state index in [9.17, 15) is 0 Å². The van der Waals surface area contributed by atoms with Gasteiger partial charge in [-0.2, -0.15) is 0 Å². The summed E-state index contributed by atoms with van der Waals surface area (Å²) in [6.07, 6.45) is 2.24.